The minimum Gasteiger partial charge on any atom is -0.331 e. The van der Waals surface area contributed by atoms with E-state index in [-0.39, 0.29) is 5.69 Å². The van der Waals surface area contributed by atoms with Crippen LogP contribution in [-0.2, 0) is 0 Å². The summed E-state index contributed by atoms with van der Waals surface area (Å²) in [7, 11) is 0. The first kappa shape index (κ1) is 18.3. The molecule has 0 saturated heterocycles. The fourth-order valence-electron chi connectivity index (χ4n) is 2.18. The van der Waals surface area contributed by atoms with Crippen molar-refractivity contribution in [3.8, 4) is 0 Å². The van der Waals surface area contributed by atoms with Gasteiger partial charge in [0.25, 0.3) is 5.69 Å². The van der Waals surface area contributed by atoms with E-state index < -0.39 is 4.92 Å². The van der Waals surface area contributed by atoms with Gasteiger partial charge in [0.1, 0.15) is 0 Å². The summed E-state index contributed by atoms with van der Waals surface area (Å²) in [5.41, 5.74) is 6.44. The van der Waals surface area contributed by atoms with Gasteiger partial charge >= 0.3 is 0 Å². The van der Waals surface area contributed by atoms with Crippen LogP contribution in [0.15, 0.2) is 53.6 Å². The summed E-state index contributed by atoms with van der Waals surface area (Å²) in [6.07, 6.45) is 4.70. The Morgan fingerprint density at radius 1 is 1.24 bits per heavy atom. The molecule has 0 aliphatic rings. The van der Waals surface area contributed by atoms with E-state index in [2.05, 4.69) is 21.9 Å². The lowest BCUT2D eigenvalue weighted by molar-refractivity contribution is -0.385. The van der Waals surface area contributed by atoms with Crippen molar-refractivity contribution in [2.45, 2.75) is 13.8 Å². The van der Waals surface area contributed by atoms with Gasteiger partial charge in [-0.05, 0) is 55.9 Å². The maximum atomic E-state index is 10.9. The van der Waals surface area contributed by atoms with Gasteiger partial charge in [-0.1, -0.05) is 29.8 Å². The van der Waals surface area contributed by atoms with Gasteiger partial charge in [-0.15, -0.1) is 0 Å². The molecular formula is C18H18N4O2S. The number of rotatable bonds is 5. The second-order valence-corrected chi connectivity index (χ2v) is 5.75. The van der Waals surface area contributed by atoms with Crippen LogP contribution in [0.3, 0.4) is 0 Å². The van der Waals surface area contributed by atoms with Crippen molar-refractivity contribution in [2.24, 2.45) is 5.10 Å². The molecule has 0 aromatic heterocycles. The van der Waals surface area contributed by atoms with Crippen molar-refractivity contribution in [1.82, 2.24) is 5.43 Å². The van der Waals surface area contributed by atoms with E-state index in [1.54, 1.807) is 30.4 Å². The predicted molar refractivity (Wildman–Crippen MR) is 106 cm³/mol. The number of hydrazone groups is 1. The smallest absolute Gasteiger partial charge is 0.276 e. The Morgan fingerprint density at radius 2 is 2.00 bits per heavy atom. The van der Waals surface area contributed by atoms with Crippen molar-refractivity contribution in [3.05, 3.63) is 75.3 Å². The summed E-state index contributed by atoms with van der Waals surface area (Å²) in [6, 6.07) is 12.5. The fourth-order valence-corrected chi connectivity index (χ4v) is 2.35. The maximum Gasteiger partial charge on any atom is 0.276 e. The lowest BCUT2D eigenvalue weighted by Crippen LogP contribution is -2.24. The molecule has 2 aromatic rings. The van der Waals surface area contributed by atoms with Crippen LogP contribution in [0.4, 0.5) is 11.4 Å². The van der Waals surface area contributed by atoms with Gasteiger partial charge in [-0.3, -0.25) is 15.5 Å². The SMILES string of the molecule is Cc1ccc(NC(=S)NN=CC=Cc2ccccc2[N+](=O)[O-])c(C)c1. The standard InChI is InChI=1S/C18H18N4O2S/c1-13-9-10-16(14(2)12-13)20-18(25)21-19-11-5-7-15-6-3-4-8-17(15)22(23)24/h3-12H,1-2H3,(H2,20,21,25). The topological polar surface area (TPSA) is 79.6 Å². The van der Waals surface area contributed by atoms with Crippen molar-refractivity contribution >= 4 is 41.0 Å². The summed E-state index contributed by atoms with van der Waals surface area (Å²) < 4.78 is 0. The highest BCUT2D eigenvalue weighted by atomic mass is 32.1. The summed E-state index contributed by atoms with van der Waals surface area (Å²) in [5, 5.41) is 18.3. The molecule has 2 aromatic carbocycles. The van der Waals surface area contributed by atoms with Crippen LogP contribution in [0.2, 0.25) is 0 Å². The highest BCUT2D eigenvalue weighted by Crippen LogP contribution is 2.18. The number of thiocarbonyl (C=S) groups is 1. The van der Waals surface area contributed by atoms with Crippen LogP contribution in [0.1, 0.15) is 16.7 Å². The third-order valence-corrected chi connectivity index (χ3v) is 3.56. The summed E-state index contributed by atoms with van der Waals surface area (Å²) >= 11 is 5.18. The number of hydrogen-bond donors (Lipinski definition) is 2. The molecule has 0 fully saturated rings. The lowest BCUT2D eigenvalue weighted by atomic mass is 10.1. The minimum absolute atomic E-state index is 0.0483. The molecule has 0 radical (unpaired) electrons. The second-order valence-electron chi connectivity index (χ2n) is 5.34. The van der Waals surface area contributed by atoms with Crippen LogP contribution in [0, 0.1) is 24.0 Å². The van der Waals surface area contributed by atoms with Crippen LogP contribution in [0.25, 0.3) is 6.08 Å². The van der Waals surface area contributed by atoms with E-state index in [9.17, 15) is 10.1 Å². The molecule has 2 N–H and O–H groups in total. The lowest BCUT2D eigenvalue weighted by Gasteiger charge is -2.10. The van der Waals surface area contributed by atoms with E-state index in [1.807, 2.05) is 26.0 Å². The van der Waals surface area contributed by atoms with Crippen LogP contribution in [0.5, 0.6) is 0 Å². The first-order chi connectivity index (χ1) is 12.0. The van der Waals surface area contributed by atoms with Crippen molar-refractivity contribution in [1.29, 1.82) is 0 Å². The van der Waals surface area contributed by atoms with E-state index in [0.29, 0.717) is 10.7 Å². The third kappa shape index (κ3) is 5.50. The number of nitro groups is 1. The molecule has 0 atom stereocenters. The Labute approximate surface area is 151 Å². The number of anilines is 1. The first-order valence-corrected chi connectivity index (χ1v) is 7.95. The third-order valence-electron chi connectivity index (χ3n) is 3.37. The molecule has 0 spiro atoms. The first-order valence-electron chi connectivity index (χ1n) is 7.55. The van der Waals surface area contributed by atoms with Gasteiger partial charge in [0.2, 0.25) is 0 Å². The number of nitro benzene ring substituents is 1. The average Bonchev–Trinajstić information content (AvgIpc) is 2.57. The van der Waals surface area contributed by atoms with Crippen LogP contribution < -0.4 is 10.7 Å². The Hall–Kier alpha value is -3.06. The summed E-state index contributed by atoms with van der Waals surface area (Å²) in [4.78, 5) is 10.5. The van der Waals surface area contributed by atoms with Crippen LogP contribution in [-0.4, -0.2) is 16.3 Å². The zero-order valence-electron chi connectivity index (χ0n) is 13.9. The van der Waals surface area contributed by atoms with Crippen molar-refractivity contribution < 1.29 is 4.92 Å². The van der Waals surface area contributed by atoms with Crippen molar-refractivity contribution in [3.63, 3.8) is 0 Å². The second kappa shape index (κ2) is 8.70. The summed E-state index contributed by atoms with van der Waals surface area (Å²) in [6.45, 7) is 4.03. The highest BCUT2D eigenvalue weighted by Gasteiger charge is 2.08. The fraction of sp³-hybridized carbons (Fsp3) is 0.111. The number of para-hydroxylation sites is 1. The highest BCUT2D eigenvalue weighted by molar-refractivity contribution is 7.80. The molecule has 6 nitrogen and oxygen atoms in total. The quantitative estimate of drug-likeness (QED) is 0.364. The molecule has 0 bridgehead atoms. The van der Waals surface area contributed by atoms with E-state index in [1.165, 1.54) is 17.8 Å². The van der Waals surface area contributed by atoms with Gasteiger partial charge < -0.3 is 5.32 Å². The van der Waals surface area contributed by atoms with Crippen LogP contribution >= 0.6 is 12.2 Å². The van der Waals surface area contributed by atoms with E-state index >= 15 is 0 Å². The Kier molecular flexibility index (Phi) is 6.36. The number of allylic oxidation sites excluding steroid dienone is 1. The zero-order chi connectivity index (χ0) is 18.2. The number of benzene rings is 2. The van der Waals surface area contributed by atoms with E-state index in [0.717, 1.165) is 11.3 Å². The van der Waals surface area contributed by atoms with Crippen molar-refractivity contribution in [2.75, 3.05) is 5.32 Å². The molecule has 0 heterocycles. The van der Waals surface area contributed by atoms with Gasteiger partial charge in [-0.25, -0.2) is 0 Å². The summed E-state index contributed by atoms with van der Waals surface area (Å²) in [5.74, 6) is 0. The number of nitrogens with zero attached hydrogens (tertiary/aromatic N) is 2. The Morgan fingerprint density at radius 3 is 2.72 bits per heavy atom. The number of nitrogens with one attached hydrogen (secondary N) is 2. The average molecular weight is 354 g/mol. The van der Waals surface area contributed by atoms with E-state index in [4.69, 9.17) is 12.2 Å². The Balaban J connectivity index is 1.91. The Bertz CT molecular complexity index is 847. The molecule has 128 valence electrons. The maximum absolute atomic E-state index is 10.9. The molecule has 2 rings (SSSR count). The molecular weight excluding hydrogens is 336 g/mol. The molecule has 25 heavy (non-hydrogen) atoms. The molecule has 7 heteroatoms. The molecule has 0 aliphatic carbocycles. The molecule has 0 saturated carbocycles. The van der Waals surface area contributed by atoms with Gasteiger partial charge in [0.05, 0.1) is 10.5 Å². The van der Waals surface area contributed by atoms with Gasteiger partial charge in [0, 0.05) is 18.0 Å². The normalized spacial score (nSPS) is 11.0. The molecule has 0 aliphatic heterocycles. The number of aryl methyl sites for hydroxylation is 2. The minimum atomic E-state index is -0.419. The van der Waals surface area contributed by atoms with Gasteiger partial charge in [-0.2, -0.15) is 5.10 Å². The largest absolute Gasteiger partial charge is 0.331 e. The predicted octanol–water partition coefficient (Wildman–Crippen LogP) is 4.20. The van der Waals surface area contributed by atoms with Gasteiger partial charge in [0.15, 0.2) is 5.11 Å². The monoisotopic (exact) mass is 354 g/mol. The molecule has 0 unspecified atom stereocenters. The number of hydrogen-bond acceptors (Lipinski definition) is 4. The molecule has 0 amide bonds. The zero-order valence-corrected chi connectivity index (χ0v) is 14.7.